The zero-order valence-corrected chi connectivity index (χ0v) is 24.9. The van der Waals surface area contributed by atoms with Crippen LogP contribution in [0.3, 0.4) is 0 Å². The zero-order valence-electron chi connectivity index (χ0n) is 24.9. The fraction of sp³-hybridized carbons (Fsp3) is 0.625. The normalized spacial score (nSPS) is 44.4. The number of cyclic esters (lactones) is 3. The Morgan fingerprint density at radius 3 is 2.55 bits per heavy atom. The van der Waals surface area contributed by atoms with Gasteiger partial charge in [0, 0.05) is 31.3 Å². The van der Waals surface area contributed by atoms with E-state index in [2.05, 4.69) is 10.8 Å². The second-order valence-corrected chi connectivity index (χ2v) is 12.5. The van der Waals surface area contributed by atoms with E-state index >= 15 is 0 Å². The highest BCUT2D eigenvalue weighted by molar-refractivity contribution is 6.14. The lowest BCUT2D eigenvalue weighted by Gasteiger charge is -2.64. The molecule has 7 rings (SSSR count). The standard InChI is InChI=1S/C32H38O12/c1-15-10-18-13-41-25(34)7-6-20-21(30(37)43-29(20)36)8-9-40-14-22(33)28(18)42-31(38)24(39-3)12-19-5-4-17-11-23-16(2)27(35)26(17)32(15,19)44-23/h4-5,8-10,16-19,22-24,26-28,33,35H,6-7,11-14H2,1-3H3/b9-8+,15-10+/t16-,17-,18-,19+,22+,23-,24+,26-,27+,28-,32-/m0/s1. The number of rotatable bonds is 1. The third-order valence-electron chi connectivity index (χ3n) is 10.2. The van der Waals surface area contributed by atoms with Crippen LogP contribution in [0.25, 0.3) is 0 Å². The predicted octanol–water partition coefficient (Wildman–Crippen LogP) is 1.44. The van der Waals surface area contributed by atoms with Gasteiger partial charge < -0.3 is 38.6 Å². The van der Waals surface area contributed by atoms with Crippen molar-refractivity contribution in [3.63, 3.8) is 0 Å². The molecule has 0 unspecified atom stereocenters. The third kappa shape index (κ3) is 5.11. The van der Waals surface area contributed by atoms with Gasteiger partial charge in [0.05, 0.1) is 35.5 Å². The summed E-state index contributed by atoms with van der Waals surface area (Å²) in [7, 11) is 1.41. The van der Waals surface area contributed by atoms with E-state index in [9.17, 15) is 29.4 Å². The third-order valence-corrected chi connectivity index (χ3v) is 10.2. The first-order valence-electron chi connectivity index (χ1n) is 15.1. The predicted molar refractivity (Wildman–Crippen MR) is 149 cm³/mol. The number of hydrogen-bond acceptors (Lipinski definition) is 12. The number of aliphatic hydroxyl groups is 2. The smallest absolute Gasteiger partial charge is 0.346 e. The molecule has 11 atom stereocenters. The lowest BCUT2D eigenvalue weighted by Crippen LogP contribution is -2.69. The van der Waals surface area contributed by atoms with Crippen LogP contribution < -0.4 is 0 Å². The summed E-state index contributed by atoms with van der Waals surface area (Å²) in [5, 5.41) is 22.8. The number of methoxy groups -OCH3 is 1. The van der Waals surface area contributed by atoms with Gasteiger partial charge >= 0.3 is 23.9 Å². The molecule has 2 saturated heterocycles. The molecule has 0 radical (unpaired) electrons. The fourth-order valence-electron chi connectivity index (χ4n) is 7.90. The van der Waals surface area contributed by atoms with Crippen molar-refractivity contribution in [2.75, 3.05) is 20.3 Å². The van der Waals surface area contributed by atoms with Crippen molar-refractivity contribution in [2.24, 2.45) is 29.6 Å². The number of fused-ring (bicyclic) bond motifs is 2. The molecule has 0 aromatic carbocycles. The summed E-state index contributed by atoms with van der Waals surface area (Å²) in [5.74, 6) is -4.51. The highest BCUT2D eigenvalue weighted by atomic mass is 16.6. The fourth-order valence-corrected chi connectivity index (χ4v) is 7.90. The van der Waals surface area contributed by atoms with Crippen molar-refractivity contribution >= 4 is 23.9 Å². The Morgan fingerprint density at radius 2 is 1.80 bits per heavy atom. The monoisotopic (exact) mass is 614 g/mol. The molecule has 7 aliphatic rings. The molecule has 12 nitrogen and oxygen atoms in total. The molecule has 5 aliphatic heterocycles. The highest BCUT2D eigenvalue weighted by Gasteiger charge is 2.64. The molecule has 0 aromatic rings. The SMILES string of the molecule is CO[C@@H]1C[C@H]2C=C[C@H]3C[C@@H]4O[C@]2(/C(C)=C/[C@H]2COC(=O)CCC5=C(/C=C/OC[C@@H](O)[C@H]2OC1=O)C(=O)OC5=O)[C@@H]3[C@H](O)[C@H]4C. The van der Waals surface area contributed by atoms with E-state index in [1.165, 1.54) is 13.2 Å². The first-order valence-corrected chi connectivity index (χ1v) is 15.1. The molecule has 1 spiro atoms. The number of esters is 4. The lowest BCUT2D eigenvalue weighted by atomic mass is 9.52. The Morgan fingerprint density at radius 1 is 1.00 bits per heavy atom. The summed E-state index contributed by atoms with van der Waals surface area (Å²) < 4.78 is 34.2. The van der Waals surface area contributed by atoms with E-state index in [0.29, 0.717) is 0 Å². The van der Waals surface area contributed by atoms with Gasteiger partial charge in [-0.25, -0.2) is 14.4 Å². The van der Waals surface area contributed by atoms with Crippen LogP contribution in [0.15, 0.2) is 47.3 Å². The summed E-state index contributed by atoms with van der Waals surface area (Å²) in [6.45, 7) is 3.25. The van der Waals surface area contributed by atoms with Gasteiger partial charge in [0.2, 0.25) is 0 Å². The van der Waals surface area contributed by atoms with Crippen molar-refractivity contribution in [3.8, 4) is 0 Å². The number of carbonyl (C=O) groups is 4. The topological polar surface area (TPSA) is 164 Å². The summed E-state index contributed by atoms with van der Waals surface area (Å²) in [6, 6.07) is 0. The van der Waals surface area contributed by atoms with E-state index in [1.807, 2.05) is 26.0 Å². The van der Waals surface area contributed by atoms with Gasteiger partial charge in [-0.3, -0.25) is 4.79 Å². The van der Waals surface area contributed by atoms with E-state index in [0.717, 1.165) is 18.3 Å². The average molecular weight is 615 g/mol. The first kappa shape index (κ1) is 30.7. The van der Waals surface area contributed by atoms with Crippen LogP contribution in [0.5, 0.6) is 0 Å². The maximum absolute atomic E-state index is 13.6. The van der Waals surface area contributed by atoms with Crippen molar-refractivity contribution in [1.82, 2.24) is 0 Å². The van der Waals surface area contributed by atoms with Crippen LogP contribution in [0.4, 0.5) is 0 Å². The Balaban J connectivity index is 1.39. The van der Waals surface area contributed by atoms with Crippen molar-refractivity contribution in [1.29, 1.82) is 0 Å². The minimum absolute atomic E-state index is 0.0265. The Kier molecular flexibility index (Phi) is 8.29. The van der Waals surface area contributed by atoms with Gasteiger partial charge in [0.1, 0.15) is 31.0 Å². The van der Waals surface area contributed by atoms with E-state index in [-0.39, 0.29) is 73.4 Å². The van der Waals surface area contributed by atoms with Crippen molar-refractivity contribution in [3.05, 3.63) is 47.3 Å². The highest BCUT2D eigenvalue weighted by Crippen LogP contribution is 2.59. The van der Waals surface area contributed by atoms with Gasteiger partial charge in [-0.15, -0.1) is 0 Å². The molecule has 0 amide bonds. The minimum Gasteiger partial charge on any atom is -0.498 e. The first-order chi connectivity index (χ1) is 21.0. The number of hydrogen-bond donors (Lipinski definition) is 2. The van der Waals surface area contributed by atoms with Gasteiger partial charge in [-0.2, -0.15) is 0 Å². The molecule has 2 N–H and O–H groups in total. The molecular formula is C32H38O12. The molecule has 4 bridgehead atoms. The summed E-state index contributed by atoms with van der Waals surface area (Å²) >= 11 is 0. The minimum atomic E-state index is -1.40. The molecule has 238 valence electrons. The summed E-state index contributed by atoms with van der Waals surface area (Å²) in [5.41, 5.74) is -0.212. The molecule has 2 aliphatic carbocycles. The summed E-state index contributed by atoms with van der Waals surface area (Å²) in [6.07, 6.45) is 4.57. The largest absolute Gasteiger partial charge is 0.498 e. The molecule has 0 aromatic heterocycles. The quantitative estimate of drug-likeness (QED) is 0.189. The maximum atomic E-state index is 13.6. The second-order valence-electron chi connectivity index (χ2n) is 12.5. The van der Waals surface area contributed by atoms with E-state index < -0.39 is 59.8 Å². The van der Waals surface area contributed by atoms with E-state index in [1.54, 1.807) is 0 Å². The summed E-state index contributed by atoms with van der Waals surface area (Å²) in [4.78, 5) is 50.8. The number of aliphatic hydroxyl groups excluding tert-OH is 2. The van der Waals surface area contributed by atoms with Crippen molar-refractivity contribution < 1.29 is 57.8 Å². The van der Waals surface area contributed by atoms with E-state index in [4.69, 9.17) is 23.7 Å². The van der Waals surface area contributed by atoms with Gasteiger partial charge in [-0.1, -0.05) is 25.2 Å². The lowest BCUT2D eigenvalue weighted by molar-refractivity contribution is -0.276. The van der Waals surface area contributed by atoms with Gasteiger partial charge in [-0.05, 0) is 43.8 Å². The molecule has 12 heteroatoms. The molecule has 44 heavy (non-hydrogen) atoms. The Bertz CT molecular complexity index is 1340. The van der Waals surface area contributed by atoms with Crippen LogP contribution >= 0.6 is 0 Å². The van der Waals surface area contributed by atoms with Gasteiger partial charge in [0.25, 0.3) is 0 Å². The number of ether oxygens (including phenoxy) is 6. The Hall–Kier alpha value is -3.32. The second kappa shape index (κ2) is 11.9. The maximum Gasteiger partial charge on any atom is 0.346 e. The molecular weight excluding hydrogens is 576 g/mol. The molecule has 5 heterocycles. The average Bonchev–Trinajstić information content (AvgIpc) is 3.26. The number of carbonyl (C=O) groups excluding carboxylic acids is 4. The molecule has 1 saturated carbocycles. The van der Waals surface area contributed by atoms with Crippen LogP contribution in [0, 0.1) is 29.6 Å². The molecule has 3 fully saturated rings. The van der Waals surface area contributed by atoms with Gasteiger partial charge in [0.15, 0.2) is 6.10 Å². The zero-order chi connectivity index (χ0) is 31.3. The van der Waals surface area contributed by atoms with Crippen LogP contribution in [-0.4, -0.2) is 90.5 Å². The van der Waals surface area contributed by atoms with Crippen LogP contribution in [0.1, 0.15) is 39.5 Å². The van der Waals surface area contributed by atoms with Crippen molar-refractivity contribution in [2.45, 2.75) is 75.7 Å². The van der Waals surface area contributed by atoms with Crippen LogP contribution in [0.2, 0.25) is 0 Å². The number of allylic oxidation sites excluding steroid dienone is 1. The Labute approximate surface area is 254 Å². The van der Waals surface area contributed by atoms with Crippen LogP contribution in [-0.2, 0) is 47.6 Å².